The Morgan fingerprint density at radius 3 is 2.94 bits per heavy atom. The number of fused-ring (bicyclic) bond motifs is 1. The monoisotopic (exact) mass is 236 g/mol. The third-order valence-electron chi connectivity index (χ3n) is 2.89. The molecule has 0 radical (unpaired) electrons. The quantitative estimate of drug-likeness (QED) is 0.822. The van der Waals surface area contributed by atoms with Crippen LogP contribution in [-0.2, 0) is 0 Å². The lowest BCUT2D eigenvalue weighted by Crippen LogP contribution is -2.24. The molecule has 1 aromatic rings. The first-order valence-corrected chi connectivity index (χ1v) is 6.41. The highest BCUT2D eigenvalue weighted by atomic mass is 32.2. The summed E-state index contributed by atoms with van der Waals surface area (Å²) < 4.78 is 0. The van der Waals surface area contributed by atoms with Gasteiger partial charge in [0.25, 0.3) is 5.91 Å². The first kappa shape index (κ1) is 11.5. The second-order valence-corrected chi connectivity index (χ2v) is 4.89. The van der Waals surface area contributed by atoms with Crippen LogP contribution in [0.25, 0.3) is 0 Å². The Morgan fingerprint density at radius 1 is 1.44 bits per heavy atom. The summed E-state index contributed by atoms with van der Waals surface area (Å²) >= 11 is 1.78. The Bertz CT molecular complexity index is 406. The van der Waals surface area contributed by atoms with Crippen molar-refractivity contribution in [1.82, 2.24) is 10.6 Å². The fourth-order valence-corrected chi connectivity index (χ4v) is 3.29. The van der Waals surface area contributed by atoms with Gasteiger partial charge in [0.2, 0.25) is 0 Å². The van der Waals surface area contributed by atoms with Crippen LogP contribution in [0.15, 0.2) is 23.1 Å². The maximum absolute atomic E-state index is 11.7. The Kier molecular flexibility index (Phi) is 3.51. The fourth-order valence-electron chi connectivity index (χ4n) is 2.04. The normalized spacial score (nSPS) is 19.0. The lowest BCUT2D eigenvalue weighted by atomic mass is 10.0. The Hall–Kier alpha value is -1.00. The molecule has 1 atom stereocenters. The van der Waals surface area contributed by atoms with E-state index >= 15 is 0 Å². The first-order chi connectivity index (χ1) is 7.77. The van der Waals surface area contributed by atoms with Gasteiger partial charge in [0.05, 0.1) is 5.56 Å². The zero-order valence-electron chi connectivity index (χ0n) is 9.54. The first-order valence-electron chi connectivity index (χ1n) is 5.43. The van der Waals surface area contributed by atoms with E-state index in [4.69, 9.17) is 0 Å². The Balaban J connectivity index is 2.46. The number of carbonyl (C=O) groups excluding carboxylic acids is 1. The van der Waals surface area contributed by atoms with Crippen LogP contribution in [0, 0.1) is 0 Å². The molecule has 0 spiro atoms. The molecule has 1 aliphatic heterocycles. The summed E-state index contributed by atoms with van der Waals surface area (Å²) in [4.78, 5) is 12.9. The van der Waals surface area contributed by atoms with Gasteiger partial charge in [-0.2, -0.15) is 0 Å². The zero-order chi connectivity index (χ0) is 11.5. The number of thioether (sulfide) groups is 1. The summed E-state index contributed by atoms with van der Waals surface area (Å²) in [5, 5.41) is 5.99. The van der Waals surface area contributed by atoms with Crippen molar-refractivity contribution in [2.24, 2.45) is 0 Å². The minimum Gasteiger partial charge on any atom is -0.355 e. The van der Waals surface area contributed by atoms with Gasteiger partial charge in [0.15, 0.2) is 0 Å². The largest absolute Gasteiger partial charge is 0.355 e. The molecule has 1 amide bonds. The number of rotatable bonds is 2. The third kappa shape index (κ3) is 1.95. The summed E-state index contributed by atoms with van der Waals surface area (Å²) in [6, 6.07) is 6.33. The number of amides is 1. The molecule has 0 saturated carbocycles. The highest BCUT2D eigenvalue weighted by Gasteiger charge is 2.23. The molecule has 1 heterocycles. The van der Waals surface area contributed by atoms with E-state index in [0.717, 1.165) is 22.6 Å². The maximum Gasteiger partial charge on any atom is 0.252 e. The van der Waals surface area contributed by atoms with Gasteiger partial charge in [-0.25, -0.2) is 0 Å². The van der Waals surface area contributed by atoms with E-state index in [-0.39, 0.29) is 5.91 Å². The van der Waals surface area contributed by atoms with Crippen molar-refractivity contribution in [3.63, 3.8) is 0 Å². The van der Waals surface area contributed by atoms with Crippen LogP contribution in [0.1, 0.15) is 28.4 Å². The number of nitrogens with one attached hydrogen (secondary N) is 2. The molecule has 1 aliphatic rings. The van der Waals surface area contributed by atoms with Crippen LogP contribution < -0.4 is 10.6 Å². The molecule has 2 N–H and O–H groups in total. The van der Waals surface area contributed by atoms with E-state index in [0.29, 0.717) is 6.04 Å². The molecule has 86 valence electrons. The van der Waals surface area contributed by atoms with Crippen LogP contribution >= 0.6 is 11.8 Å². The molecule has 0 saturated heterocycles. The van der Waals surface area contributed by atoms with Crippen LogP contribution in [0.3, 0.4) is 0 Å². The summed E-state index contributed by atoms with van der Waals surface area (Å²) in [7, 11) is 3.64. The van der Waals surface area contributed by atoms with E-state index in [1.165, 1.54) is 5.56 Å². The fraction of sp³-hybridized carbons (Fsp3) is 0.417. The number of hydrogen-bond acceptors (Lipinski definition) is 3. The van der Waals surface area contributed by atoms with Crippen LogP contribution in [0.4, 0.5) is 0 Å². The van der Waals surface area contributed by atoms with Gasteiger partial charge in [-0.05, 0) is 30.9 Å². The minimum absolute atomic E-state index is 0.00102. The van der Waals surface area contributed by atoms with Crippen molar-refractivity contribution in [2.75, 3.05) is 19.8 Å². The SMILES string of the molecule is CNC(=O)c1cccc2c1SCCC2NC. The molecular formula is C12H16N2OS. The Morgan fingerprint density at radius 2 is 2.25 bits per heavy atom. The predicted octanol–water partition coefficient (Wildman–Crippen LogP) is 1.80. The van der Waals surface area contributed by atoms with Crippen LogP contribution in [0.5, 0.6) is 0 Å². The lowest BCUT2D eigenvalue weighted by Gasteiger charge is -2.26. The van der Waals surface area contributed by atoms with E-state index in [1.807, 2.05) is 19.2 Å². The molecule has 16 heavy (non-hydrogen) atoms. The average Bonchev–Trinajstić information content (AvgIpc) is 2.36. The smallest absolute Gasteiger partial charge is 0.252 e. The molecule has 1 aromatic carbocycles. The molecule has 2 rings (SSSR count). The number of hydrogen-bond donors (Lipinski definition) is 2. The van der Waals surface area contributed by atoms with Gasteiger partial charge in [-0.3, -0.25) is 4.79 Å². The van der Waals surface area contributed by atoms with E-state index < -0.39 is 0 Å². The third-order valence-corrected chi connectivity index (χ3v) is 4.08. The summed E-state index contributed by atoms with van der Waals surface area (Å²) in [6.07, 6.45) is 1.12. The van der Waals surface area contributed by atoms with Gasteiger partial charge in [0.1, 0.15) is 0 Å². The number of carbonyl (C=O) groups is 1. The van der Waals surface area contributed by atoms with Crippen LogP contribution in [-0.4, -0.2) is 25.8 Å². The molecule has 0 fully saturated rings. The van der Waals surface area contributed by atoms with Crippen molar-refractivity contribution in [3.05, 3.63) is 29.3 Å². The Labute approximate surface area is 100.0 Å². The van der Waals surface area contributed by atoms with Gasteiger partial charge >= 0.3 is 0 Å². The average molecular weight is 236 g/mol. The van der Waals surface area contributed by atoms with E-state index in [1.54, 1.807) is 18.8 Å². The molecule has 0 aliphatic carbocycles. The second-order valence-electron chi connectivity index (χ2n) is 3.78. The molecule has 4 heteroatoms. The molecular weight excluding hydrogens is 220 g/mol. The molecule has 0 bridgehead atoms. The van der Waals surface area contributed by atoms with Gasteiger partial charge < -0.3 is 10.6 Å². The lowest BCUT2D eigenvalue weighted by molar-refractivity contribution is 0.0960. The summed E-state index contributed by atoms with van der Waals surface area (Å²) in [5.41, 5.74) is 2.05. The minimum atomic E-state index is 0.00102. The second kappa shape index (κ2) is 4.89. The number of benzene rings is 1. The van der Waals surface area contributed by atoms with Crippen molar-refractivity contribution in [2.45, 2.75) is 17.4 Å². The van der Waals surface area contributed by atoms with Crippen LogP contribution in [0.2, 0.25) is 0 Å². The topological polar surface area (TPSA) is 41.1 Å². The molecule has 1 unspecified atom stereocenters. The molecule has 0 aromatic heterocycles. The summed E-state index contributed by atoms with van der Waals surface area (Å²) in [5.74, 6) is 1.06. The standard InChI is InChI=1S/C12H16N2OS/c1-13-10-6-7-16-11-8(10)4-3-5-9(11)12(15)14-2/h3-5,10,13H,6-7H2,1-2H3,(H,14,15). The maximum atomic E-state index is 11.7. The highest BCUT2D eigenvalue weighted by Crippen LogP contribution is 2.38. The van der Waals surface area contributed by atoms with Gasteiger partial charge in [-0.15, -0.1) is 11.8 Å². The van der Waals surface area contributed by atoms with Crippen molar-refractivity contribution in [3.8, 4) is 0 Å². The van der Waals surface area contributed by atoms with E-state index in [9.17, 15) is 4.79 Å². The van der Waals surface area contributed by atoms with Gasteiger partial charge in [0, 0.05) is 18.0 Å². The highest BCUT2D eigenvalue weighted by molar-refractivity contribution is 7.99. The molecule has 3 nitrogen and oxygen atoms in total. The zero-order valence-corrected chi connectivity index (χ0v) is 10.4. The predicted molar refractivity (Wildman–Crippen MR) is 67.0 cm³/mol. The van der Waals surface area contributed by atoms with Crippen molar-refractivity contribution < 1.29 is 4.79 Å². The van der Waals surface area contributed by atoms with Crippen molar-refractivity contribution >= 4 is 17.7 Å². The van der Waals surface area contributed by atoms with E-state index in [2.05, 4.69) is 16.7 Å². The van der Waals surface area contributed by atoms with Crippen molar-refractivity contribution in [1.29, 1.82) is 0 Å². The van der Waals surface area contributed by atoms with Gasteiger partial charge in [-0.1, -0.05) is 12.1 Å². The summed E-state index contributed by atoms with van der Waals surface area (Å²) in [6.45, 7) is 0.